The Morgan fingerprint density at radius 3 is 2.67 bits per heavy atom. The number of ether oxygens (including phenoxy) is 1. The maximum atomic E-state index is 12.2. The van der Waals surface area contributed by atoms with E-state index in [1.165, 1.54) is 6.42 Å². The maximum Gasteiger partial charge on any atom is 0.251 e. The van der Waals surface area contributed by atoms with Crippen molar-refractivity contribution in [3.63, 3.8) is 0 Å². The van der Waals surface area contributed by atoms with Gasteiger partial charge in [0.2, 0.25) is 0 Å². The molecule has 1 aliphatic carbocycles. The Balaban J connectivity index is 2.11. The Kier molecular flexibility index (Phi) is 3.95. The third-order valence-corrected chi connectivity index (χ3v) is 4.40. The van der Waals surface area contributed by atoms with Crippen molar-refractivity contribution < 1.29 is 9.53 Å². The first-order valence-electron chi connectivity index (χ1n) is 6.26. The number of halogens is 1. The van der Waals surface area contributed by atoms with Gasteiger partial charge in [-0.3, -0.25) is 4.79 Å². The van der Waals surface area contributed by atoms with Crippen LogP contribution >= 0.6 is 15.9 Å². The lowest BCUT2D eigenvalue weighted by atomic mass is 9.74. The minimum Gasteiger partial charge on any atom is -0.496 e. The Bertz CT molecular complexity index is 450. The van der Waals surface area contributed by atoms with Crippen molar-refractivity contribution in [2.45, 2.75) is 38.1 Å². The van der Waals surface area contributed by atoms with Crippen molar-refractivity contribution in [3.05, 3.63) is 28.2 Å². The lowest BCUT2D eigenvalue weighted by molar-refractivity contribution is 0.0820. The van der Waals surface area contributed by atoms with E-state index in [9.17, 15) is 4.79 Å². The summed E-state index contributed by atoms with van der Waals surface area (Å²) in [5.41, 5.74) is 0.700. The SMILES string of the molecule is CCC1(NC(=O)c2ccc(OC)c(Br)c2)CCC1. The van der Waals surface area contributed by atoms with Gasteiger partial charge in [-0.15, -0.1) is 0 Å². The van der Waals surface area contributed by atoms with Crippen molar-refractivity contribution in [3.8, 4) is 5.75 Å². The van der Waals surface area contributed by atoms with Gasteiger partial charge in [-0.05, 0) is 59.8 Å². The van der Waals surface area contributed by atoms with E-state index in [0.29, 0.717) is 5.56 Å². The van der Waals surface area contributed by atoms with Crippen LogP contribution in [0.4, 0.5) is 0 Å². The van der Waals surface area contributed by atoms with Gasteiger partial charge in [-0.25, -0.2) is 0 Å². The average Bonchev–Trinajstić information content (AvgIpc) is 2.33. The van der Waals surface area contributed by atoms with Crippen molar-refractivity contribution in [1.82, 2.24) is 5.32 Å². The molecule has 0 unspecified atom stereocenters. The van der Waals surface area contributed by atoms with Gasteiger partial charge < -0.3 is 10.1 Å². The van der Waals surface area contributed by atoms with Crippen molar-refractivity contribution in [1.29, 1.82) is 0 Å². The van der Waals surface area contributed by atoms with E-state index in [1.807, 2.05) is 0 Å². The number of hydrogen-bond acceptors (Lipinski definition) is 2. The van der Waals surface area contributed by atoms with Crippen LogP contribution in [0.5, 0.6) is 5.75 Å². The highest BCUT2D eigenvalue weighted by atomic mass is 79.9. The van der Waals surface area contributed by atoms with Crippen LogP contribution in [-0.4, -0.2) is 18.6 Å². The van der Waals surface area contributed by atoms with Crippen LogP contribution in [0.3, 0.4) is 0 Å². The van der Waals surface area contributed by atoms with Crippen LogP contribution in [0.25, 0.3) is 0 Å². The summed E-state index contributed by atoms with van der Waals surface area (Å²) in [5, 5.41) is 3.16. The molecule has 0 atom stereocenters. The number of carbonyl (C=O) groups excluding carboxylic acids is 1. The summed E-state index contributed by atoms with van der Waals surface area (Å²) in [7, 11) is 1.61. The molecule has 3 nitrogen and oxygen atoms in total. The van der Waals surface area contributed by atoms with E-state index < -0.39 is 0 Å². The third-order valence-electron chi connectivity index (χ3n) is 3.78. The molecule has 0 aliphatic heterocycles. The molecule has 1 aliphatic rings. The number of hydrogen-bond donors (Lipinski definition) is 1. The lowest BCUT2D eigenvalue weighted by Crippen LogP contribution is -2.52. The molecule has 1 N–H and O–H groups in total. The fourth-order valence-corrected chi connectivity index (χ4v) is 2.83. The first-order chi connectivity index (χ1) is 8.60. The number of amides is 1. The summed E-state index contributed by atoms with van der Waals surface area (Å²) in [6, 6.07) is 5.40. The molecule has 0 radical (unpaired) electrons. The normalized spacial score (nSPS) is 16.8. The molecule has 1 aromatic carbocycles. The average molecular weight is 312 g/mol. The molecule has 1 aromatic rings. The standard InChI is InChI=1S/C14H18BrNO2/c1-3-14(7-4-8-14)16-13(17)10-5-6-12(18-2)11(15)9-10/h5-6,9H,3-4,7-8H2,1-2H3,(H,16,17). The highest BCUT2D eigenvalue weighted by Gasteiger charge is 2.36. The number of carbonyl (C=O) groups is 1. The van der Waals surface area contributed by atoms with E-state index in [4.69, 9.17) is 4.74 Å². The summed E-state index contributed by atoms with van der Waals surface area (Å²) in [6.07, 6.45) is 4.38. The second kappa shape index (κ2) is 5.31. The van der Waals surface area contributed by atoms with Gasteiger partial charge in [-0.1, -0.05) is 6.92 Å². The third kappa shape index (κ3) is 2.53. The Labute approximate surface area is 116 Å². The summed E-state index contributed by atoms with van der Waals surface area (Å²) >= 11 is 3.40. The zero-order valence-corrected chi connectivity index (χ0v) is 12.3. The predicted octanol–water partition coefficient (Wildman–Crippen LogP) is 3.52. The van der Waals surface area contributed by atoms with Gasteiger partial charge >= 0.3 is 0 Å². The molecule has 0 heterocycles. The zero-order chi connectivity index (χ0) is 13.2. The minimum absolute atomic E-state index is 0.0000898. The topological polar surface area (TPSA) is 38.3 Å². The Hall–Kier alpha value is -1.03. The first-order valence-corrected chi connectivity index (χ1v) is 7.05. The van der Waals surface area contributed by atoms with E-state index >= 15 is 0 Å². The Morgan fingerprint density at radius 2 is 2.22 bits per heavy atom. The lowest BCUT2D eigenvalue weighted by Gasteiger charge is -2.42. The summed E-state index contributed by atoms with van der Waals surface area (Å²) < 4.78 is 5.96. The highest BCUT2D eigenvalue weighted by Crippen LogP contribution is 2.35. The molecular formula is C14H18BrNO2. The second-order valence-corrected chi connectivity index (χ2v) is 5.65. The van der Waals surface area contributed by atoms with Crippen molar-refractivity contribution >= 4 is 21.8 Å². The molecule has 0 spiro atoms. The highest BCUT2D eigenvalue weighted by molar-refractivity contribution is 9.10. The van der Waals surface area contributed by atoms with Crippen LogP contribution in [0.1, 0.15) is 43.0 Å². The largest absolute Gasteiger partial charge is 0.496 e. The maximum absolute atomic E-state index is 12.2. The monoisotopic (exact) mass is 311 g/mol. The Morgan fingerprint density at radius 1 is 1.50 bits per heavy atom. The molecule has 0 bridgehead atoms. The molecule has 0 saturated heterocycles. The van der Waals surface area contributed by atoms with Crippen molar-refractivity contribution in [2.24, 2.45) is 0 Å². The van der Waals surface area contributed by atoms with Gasteiger partial charge in [0, 0.05) is 11.1 Å². The fraction of sp³-hybridized carbons (Fsp3) is 0.500. The predicted molar refractivity (Wildman–Crippen MR) is 75.0 cm³/mol. The molecular weight excluding hydrogens is 294 g/mol. The molecule has 18 heavy (non-hydrogen) atoms. The smallest absolute Gasteiger partial charge is 0.251 e. The van der Waals surface area contributed by atoms with Crippen LogP contribution in [0, 0.1) is 0 Å². The summed E-state index contributed by atoms with van der Waals surface area (Å²) in [5.74, 6) is 0.736. The fourth-order valence-electron chi connectivity index (χ4n) is 2.29. The second-order valence-electron chi connectivity index (χ2n) is 4.79. The van der Waals surface area contributed by atoms with E-state index in [0.717, 1.165) is 29.5 Å². The van der Waals surface area contributed by atoms with Gasteiger partial charge in [-0.2, -0.15) is 0 Å². The van der Waals surface area contributed by atoms with Gasteiger partial charge in [0.25, 0.3) is 5.91 Å². The van der Waals surface area contributed by atoms with Gasteiger partial charge in [0.15, 0.2) is 0 Å². The van der Waals surface area contributed by atoms with E-state index in [1.54, 1.807) is 25.3 Å². The molecule has 0 aromatic heterocycles. The van der Waals surface area contributed by atoms with Crippen LogP contribution in [-0.2, 0) is 0 Å². The molecule has 98 valence electrons. The van der Waals surface area contributed by atoms with Crippen molar-refractivity contribution in [2.75, 3.05) is 7.11 Å². The minimum atomic E-state index is -0.0000898. The molecule has 2 rings (SSSR count). The summed E-state index contributed by atoms with van der Waals surface area (Å²) in [6.45, 7) is 2.13. The number of nitrogens with one attached hydrogen (secondary N) is 1. The molecule has 4 heteroatoms. The van der Waals surface area contributed by atoms with Crippen LogP contribution < -0.4 is 10.1 Å². The van der Waals surface area contributed by atoms with Gasteiger partial charge in [0.05, 0.1) is 11.6 Å². The summed E-state index contributed by atoms with van der Waals surface area (Å²) in [4.78, 5) is 12.2. The zero-order valence-electron chi connectivity index (χ0n) is 10.8. The molecule has 1 fully saturated rings. The van der Waals surface area contributed by atoms with Gasteiger partial charge in [0.1, 0.15) is 5.75 Å². The van der Waals surface area contributed by atoms with E-state index in [-0.39, 0.29) is 11.4 Å². The number of benzene rings is 1. The number of methoxy groups -OCH3 is 1. The molecule has 1 saturated carbocycles. The van der Waals surface area contributed by atoms with Crippen LogP contribution in [0.15, 0.2) is 22.7 Å². The quantitative estimate of drug-likeness (QED) is 0.924. The molecule has 1 amide bonds. The van der Waals surface area contributed by atoms with E-state index in [2.05, 4.69) is 28.2 Å². The number of rotatable bonds is 4. The van der Waals surface area contributed by atoms with Crippen LogP contribution in [0.2, 0.25) is 0 Å². The first kappa shape index (κ1) is 13.4.